The van der Waals surface area contributed by atoms with Gasteiger partial charge in [-0.2, -0.15) is 0 Å². The molecule has 2 N–H and O–H groups in total. The highest BCUT2D eigenvalue weighted by Crippen LogP contribution is 2.25. The number of hydrogen-bond donors (Lipinski definition) is 2. The second kappa shape index (κ2) is 10.5. The Hall–Kier alpha value is -2.06. The minimum Gasteiger partial charge on any atom is -0.376 e. The number of amides is 2. The zero-order valence-corrected chi connectivity index (χ0v) is 19.5. The van der Waals surface area contributed by atoms with E-state index in [0.29, 0.717) is 16.0 Å². The normalized spacial score (nSPS) is 16.4. The van der Waals surface area contributed by atoms with E-state index < -0.39 is 21.8 Å². The number of rotatable bonds is 9. The van der Waals surface area contributed by atoms with E-state index in [1.165, 1.54) is 61.5 Å². The van der Waals surface area contributed by atoms with Crippen LogP contribution in [0.25, 0.3) is 0 Å². The summed E-state index contributed by atoms with van der Waals surface area (Å²) in [5.41, 5.74) is 0.188. The zero-order chi connectivity index (χ0) is 22.4. The Balaban J connectivity index is 1.45. The molecule has 13 heteroatoms. The third kappa shape index (κ3) is 6.46. The summed E-state index contributed by atoms with van der Waals surface area (Å²) in [7, 11) is -0.733. The molecule has 2 heterocycles. The van der Waals surface area contributed by atoms with Gasteiger partial charge in [-0.05, 0) is 37.1 Å². The Labute approximate surface area is 188 Å². The minimum absolute atomic E-state index is 0.000792. The fraction of sp³-hybridized carbons (Fsp3) is 0.444. The molecular formula is C18H23N5O5S3. The molecule has 0 unspecified atom stereocenters. The van der Waals surface area contributed by atoms with Crippen LogP contribution in [0.15, 0.2) is 33.5 Å². The van der Waals surface area contributed by atoms with E-state index in [4.69, 9.17) is 4.74 Å². The molecule has 31 heavy (non-hydrogen) atoms. The topological polar surface area (TPSA) is 131 Å². The highest BCUT2D eigenvalue weighted by Gasteiger charge is 2.19. The lowest BCUT2D eigenvalue weighted by molar-refractivity contribution is -0.117. The highest BCUT2D eigenvalue weighted by atomic mass is 32.2. The van der Waals surface area contributed by atoms with Crippen LogP contribution in [-0.4, -0.2) is 73.8 Å². The number of hydrogen-bond acceptors (Lipinski definition) is 10. The van der Waals surface area contributed by atoms with Crippen molar-refractivity contribution in [2.75, 3.05) is 38.3 Å². The van der Waals surface area contributed by atoms with Gasteiger partial charge in [-0.15, -0.1) is 10.2 Å². The molecule has 2 amide bonds. The number of nitrogens with zero attached hydrogens (tertiary/aromatic N) is 3. The monoisotopic (exact) mass is 485 g/mol. The van der Waals surface area contributed by atoms with Crippen LogP contribution in [0.5, 0.6) is 0 Å². The van der Waals surface area contributed by atoms with Crippen LogP contribution in [0.1, 0.15) is 23.2 Å². The average Bonchev–Trinajstić information content (AvgIpc) is 3.42. The molecule has 168 valence electrons. The fourth-order valence-corrected chi connectivity index (χ4v) is 5.16. The number of nitrogens with one attached hydrogen (secondary N) is 2. The van der Waals surface area contributed by atoms with Crippen molar-refractivity contribution in [1.82, 2.24) is 19.8 Å². The Morgan fingerprint density at radius 2 is 2.00 bits per heavy atom. The summed E-state index contributed by atoms with van der Waals surface area (Å²) < 4.78 is 31.4. The molecule has 1 atom stereocenters. The standard InChI is InChI=1S/C18H23N5O5S3/c1-23(2)31(26,27)14-7-5-12(6-8-14)16(25)20-15(24)11-29-18-22-21-17(30-18)19-10-13-4-3-9-28-13/h5-8,13H,3-4,9-11H2,1-2H3,(H,19,21)(H,20,24,25)/t13-/m1/s1. The van der Waals surface area contributed by atoms with Gasteiger partial charge in [-0.1, -0.05) is 23.1 Å². The molecule has 1 saturated heterocycles. The maximum absolute atomic E-state index is 12.2. The number of carbonyl (C=O) groups is 2. The Morgan fingerprint density at radius 3 is 2.65 bits per heavy atom. The number of aromatic nitrogens is 2. The molecule has 0 aliphatic carbocycles. The van der Waals surface area contributed by atoms with Crippen molar-refractivity contribution in [3.05, 3.63) is 29.8 Å². The van der Waals surface area contributed by atoms with E-state index in [1.54, 1.807) is 0 Å². The van der Waals surface area contributed by atoms with Gasteiger partial charge in [0.15, 0.2) is 4.34 Å². The third-order valence-corrected chi connectivity index (χ3v) is 8.23. The summed E-state index contributed by atoms with van der Waals surface area (Å²) in [6.07, 6.45) is 2.28. The number of ether oxygens (including phenoxy) is 1. The van der Waals surface area contributed by atoms with Crippen LogP contribution in [0.4, 0.5) is 5.13 Å². The Bertz CT molecular complexity index is 1020. The lowest BCUT2D eigenvalue weighted by atomic mass is 10.2. The van der Waals surface area contributed by atoms with Gasteiger partial charge < -0.3 is 10.1 Å². The van der Waals surface area contributed by atoms with Gasteiger partial charge in [-0.25, -0.2) is 12.7 Å². The lowest BCUT2D eigenvalue weighted by Gasteiger charge is -2.11. The number of anilines is 1. The summed E-state index contributed by atoms with van der Waals surface area (Å²) in [6, 6.07) is 5.39. The first-order chi connectivity index (χ1) is 14.8. The zero-order valence-electron chi connectivity index (χ0n) is 17.0. The van der Waals surface area contributed by atoms with Crippen molar-refractivity contribution in [2.24, 2.45) is 0 Å². The van der Waals surface area contributed by atoms with Crippen LogP contribution in [0.2, 0.25) is 0 Å². The van der Waals surface area contributed by atoms with E-state index in [2.05, 4.69) is 20.8 Å². The molecule has 3 rings (SSSR count). The predicted molar refractivity (Wildman–Crippen MR) is 118 cm³/mol. The Morgan fingerprint density at radius 1 is 1.26 bits per heavy atom. The van der Waals surface area contributed by atoms with Crippen molar-refractivity contribution in [1.29, 1.82) is 0 Å². The van der Waals surface area contributed by atoms with Crippen molar-refractivity contribution in [2.45, 2.75) is 28.2 Å². The summed E-state index contributed by atoms with van der Waals surface area (Å²) in [5.74, 6) is -1.08. The molecule has 2 aromatic rings. The molecular weight excluding hydrogens is 462 g/mol. The molecule has 10 nitrogen and oxygen atoms in total. The average molecular weight is 486 g/mol. The van der Waals surface area contributed by atoms with Crippen LogP contribution in [0.3, 0.4) is 0 Å². The van der Waals surface area contributed by atoms with Gasteiger partial charge in [-0.3, -0.25) is 14.9 Å². The summed E-state index contributed by atoms with van der Waals surface area (Å²) in [5, 5.41) is 14.2. The largest absolute Gasteiger partial charge is 0.376 e. The number of carbonyl (C=O) groups excluding carboxylic acids is 2. The molecule has 1 fully saturated rings. The number of thioether (sulfide) groups is 1. The molecule has 1 aromatic heterocycles. The first-order valence-electron chi connectivity index (χ1n) is 9.44. The third-order valence-electron chi connectivity index (χ3n) is 4.39. The van der Waals surface area contributed by atoms with Gasteiger partial charge in [0, 0.05) is 32.8 Å². The van der Waals surface area contributed by atoms with Gasteiger partial charge >= 0.3 is 0 Å². The van der Waals surface area contributed by atoms with Gasteiger partial charge in [0.25, 0.3) is 5.91 Å². The second-order valence-corrected chi connectivity index (χ2v) is 11.2. The maximum Gasteiger partial charge on any atom is 0.257 e. The molecule has 1 aromatic carbocycles. The molecule has 1 aliphatic rings. The summed E-state index contributed by atoms with van der Waals surface area (Å²) in [6.45, 7) is 1.46. The number of benzene rings is 1. The van der Waals surface area contributed by atoms with Gasteiger partial charge in [0.05, 0.1) is 16.8 Å². The molecule has 0 bridgehead atoms. The van der Waals surface area contributed by atoms with Crippen LogP contribution in [-0.2, 0) is 19.6 Å². The van der Waals surface area contributed by atoms with Crippen LogP contribution >= 0.6 is 23.1 Å². The molecule has 0 saturated carbocycles. The van der Waals surface area contributed by atoms with Crippen molar-refractivity contribution < 1.29 is 22.7 Å². The molecule has 0 spiro atoms. The Kier molecular flexibility index (Phi) is 8.00. The maximum atomic E-state index is 12.2. The van der Waals surface area contributed by atoms with Crippen molar-refractivity contribution >= 4 is 50.1 Å². The first-order valence-corrected chi connectivity index (χ1v) is 12.7. The van der Waals surface area contributed by atoms with Gasteiger partial charge in [0.1, 0.15) is 0 Å². The predicted octanol–water partition coefficient (Wildman–Crippen LogP) is 1.43. The van der Waals surface area contributed by atoms with Crippen LogP contribution < -0.4 is 10.6 Å². The number of sulfonamides is 1. The van der Waals surface area contributed by atoms with Crippen molar-refractivity contribution in [3.63, 3.8) is 0 Å². The molecule has 0 radical (unpaired) electrons. The first kappa shape index (κ1) is 23.6. The van der Waals surface area contributed by atoms with E-state index in [-0.39, 0.29) is 22.3 Å². The smallest absolute Gasteiger partial charge is 0.257 e. The number of imide groups is 1. The van der Waals surface area contributed by atoms with E-state index in [0.717, 1.165) is 23.8 Å². The summed E-state index contributed by atoms with van der Waals surface area (Å²) in [4.78, 5) is 24.4. The lowest BCUT2D eigenvalue weighted by Crippen LogP contribution is -2.31. The van der Waals surface area contributed by atoms with E-state index >= 15 is 0 Å². The fourth-order valence-electron chi connectivity index (χ4n) is 2.70. The van der Waals surface area contributed by atoms with Crippen molar-refractivity contribution in [3.8, 4) is 0 Å². The second-order valence-electron chi connectivity index (χ2n) is 6.87. The quantitative estimate of drug-likeness (QED) is 0.506. The van der Waals surface area contributed by atoms with Gasteiger partial charge in [0.2, 0.25) is 21.1 Å². The van der Waals surface area contributed by atoms with E-state index in [1.807, 2.05) is 0 Å². The highest BCUT2D eigenvalue weighted by molar-refractivity contribution is 8.01. The summed E-state index contributed by atoms with van der Waals surface area (Å²) >= 11 is 2.51. The minimum atomic E-state index is -3.58. The van der Waals surface area contributed by atoms with Crippen LogP contribution in [0, 0.1) is 0 Å². The van der Waals surface area contributed by atoms with E-state index in [9.17, 15) is 18.0 Å². The molecule has 1 aliphatic heterocycles. The SMILES string of the molecule is CN(C)S(=O)(=O)c1ccc(C(=O)NC(=O)CSc2nnc(NC[C@H]3CCCO3)s2)cc1.